The normalized spacial score (nSPS) is 10.8. The first-order chi connectivity index (χ1) is 12.3. The highest BCUT2D eigenvalue weighted by molar-refractivity contribution is 5.80. The summed E-state index contributed by atoms with van der Waals surface area (Å²) in [4.78, 5) is 8.49. The van der Waals surface area contributed by atoms with E-state index in [4.69, 9.17) is 0 Å². The predicted molar refractivity (Wildman–Crippen MR) is 94.6 cm³/mol. The van der Waals surface area contributed by atoms with Gasteiger partial charge < -0.3 is 0 Å². The van der Waals surface area contributed by atoms with Crippen LogP contribution in [0.25, 0.3) is 22.5 Å². The average Bonchev–Trinajstić information content (AvgIpc) is 3.19. The topological polar surface area (TPSA) is 80.2 Å². The maximum atomic E-state index is 4.25. The van der Waals surface area contributed by atoms with Crippen LogP contribution in [0.3, 0.4) is 0 Å². The van der Waals surface area contributed by atoms with Crippen LogP contribution in [0.1, 0.15) is 17.0 Å². The highest BCUT2D eigenvalue weighted by Crippen LogP contribution is 2.29. The molecule has 25 heavy (non-hydrogen) atoms. The van der Waals surface area contributed by atoms with Crippen molar-refractivity contribution in [2.45, 2.75) is 13.3 Å². The molecule has 0 atom stereocenters. The van der Waals surface area contributed by atoms with E-state index >= 15 is 0 Å². The van der Waals surface area contributed by atoms with Gasteiger partial charge >= 0.3 is 0 Å². The number of hydrogen-bond donors (Lipinski definition) is 1. The Morgan fingerprint density at radius 3 is 2.24 bits per heavy atom. The summed E-state index contributed by atoms with van der Waals surface area (Å²) in [6.07, 6.45) is 4.57. The third-order valence-electron chi connectivity index (χ3n) is 4.02. The summed E-state index contributed by atoms with van der Waals surface area (Å²) in [6, 6.07) is 16.5. The number of nitrogens with zero attached hydrogens (tertiary/aromatic N) is 5. The maximum absolute atomic E-state index is 4.25. The van der Waals surface area contributed by atoms with E-state index in [1.54, 1.807) is 0 Å². The van der Waals surface area contributed by atoms with Crippen LogP contribution in [-0.4, -0.2) is 30.6 Å². The highest BCUT2D eigenvalue weighted by Gasteiger charge is 2.10. The number of benzene rings is 2. The third-order valence-corrected chi connectivity index (χ3v) is 4.02. The number of aryl methyl sites for hydroxylation is 1. The molecule has 1 N–H and O–H groups in total. The van der Waals surface area contributed by atoms with E-state index < -0.39 is 0 Å². The lowest BCUT2D eigenvalue weighted by molar-refractivity contribution is 0.881. The fourth-order valence-electron chi connectivity index (χ4n) is 2.75. The first-order valence-electron chi connectivity index (χ1n) is 7.99. The van der Waals surface area contributed by atoms with Gasteiger partial charge in [-0.2, -0.15) is 5.21 Å². The Morgan fingerprint density at radius 1 is 0.840 bits per heavy atom. The van der Waals surface area contributed by atoms with Gasteiger partial charge in [0.25, 0.3) is 0 Å². The van der Waals surface area contributed by atoms with E-state index in [9.17, 15) is 0 Å². The molecule has 0 saturated heterocycles. The average molecular weight is 328 g/mol. The molecule has 0 fully saturated rings. The van der Waals surface area contributed by atoms with Gasteiger partial charge in [-0.25, -0.2) is 9.97 Å². The van der Waals surface area contributed by atoms with E-state index in [0.29, 0.717) is 5.82 Å². The Kier molecular flexibility index (Phi) is 4.00. The van der Waals surface area contributed by atoms with Gasteiger partial charge in [0.1, 0.15) is 5.82 Å². The van der Waals surface area contributed by atoms with Crippen LogP contribution in [0.4, 0.5) is 0 Å². The minimum atomic E-state index is 0.594. The Morgan fingerprint density at radius 2 is 1.56 bits per heavy atom. The molecular weight excluding hydrogens is 312 g/mol. The number of aromatic amines is 1. The van der Waals surface area contributed by atoms with E-state index in [1.807, 2.05) is 37.5 Å². The second-order valence-corrected chi connectivity index (χ2v) is 5.79. The molecule has 2 aromatic heterocycles. The van der Waals surface area contributed by atoms with Crippen LogP contribution in [0, 0.1) is 6.92 Å². The molecule has 0 aliphatic rings. The second-order valence-electron chi connectivity index (χ2n) is 5.79. The lowest BCUT2D eigenvalue weighted by atomic mass is 9.97. The van der Waals surface area contributed by atoms with Crippen molar-refractivity contribution >= 4 is 0 Å². The van der Waals surface area contributed by atoms with Gasteiger partial charge in [-0.15, -0.1) is 10.2 Å². The molecule has 0 aliphatic carbocycles. The molecule has 0 aliphatic heterocycles. The summed E-state index contributed by atoms with van der Waals surface area (Å²) >= 11 is 0. The molecule has 0 unspecified atom stereocenters. The Labute approximate surface area is 145 Å². The Hall–Kier alpha value is -3.41. The summed E-state index contributed by atoms with van der Waals surface area (Å²) < 4.78 is 0. The molecule has 122 valence electrons. The smallest absolute Gasteiger partial charge is 0.205 e. The molecule has 6 nitrogen and oxygen atoms in total. The highest BCUT2D eigenvalue weighted by atomic mass is 15.5. The molecule has 0 radical (unpaired) electrons. The summed E-state index contributed by atoms with van der Waals surface area (Å²) in [5.74, 6) is 1.38. The van der Waals surface area contributed by atoms with E-state index in [0.717, 1.165) is 34.5 Å². The monoisotopic (exact) mass is 328 g/mol. The van der Waals surface area contributed by atoms with Gasteiger partial charge in [0.2, 0.25) is 5.82 Å². The van der Waals surface area contributed by atoms with E-state index in [-0.39, 0.29) is 0 Å². The molecule has 4 aromatic rings. The molecule has 2 heterocycles. The molecule has 2 aromatic carbocycles. The molecule has 0 saturated carbocycles. The number of aromatic nitrogens is 6. The molecule has 0 amide bonds. The molecule has 0 spiro atoms. The molecule has 0 bridgehead atoms. The fraction of sp³-hybridized carbons (Fsp3) is 0.105. The minimum absolute atomic E-state index is 0.594. The second kappa shape index (κ2) is 6.60. The van der Waals surface area contributed by atoms with Crippen LogP contribution in [0.2, 0.25) is 0 Å². The van der Waals surface area contributed by atoms with E-state index in [1.165, 1.54) is 5.56 Å². The van der Waals surface area contributed by atoms with Crippen molar-refractivity contribution in [3.05, 3.63) is 77.9 Å². The van der Waals surface area contributed by atoms with Crippen molar-refractivity contribution in [2.24, 2.45) is 0 Å². The van der Waals surface area contributed by atoms with Gasteiger partial charge in [-0.3, -0.25) is 0 Å². The molecular formula is C19H16N6. The van der Waals surface area contributed by atoms with E-state index in [2.05, 4.69) is 60.9 Å². The van der Waals surface area contributed by atoms with Crippen LogP contribution < -0.4 is 0 Å². The van der Waals surface area contributed by atoms with Crippen molar-refractivity contribution in [2.75, 3.05) is 0 Å². The van der Waals surface area contributed by atoms with Crippen molar-refractivity contribution in [3.63, 3.8) is 0 Å². The number of hydrogen-bond acceptors (Lipinski definition) is 5. The van der Waals surface area contributed by atoms with Gasteiger partial charge in [0.05, 0.1) is 0 Å². The van der Waals surface area contributed by atoms with Gasteiger partial charge in [0.15, 0.2) is 0 Å². The molecule has 6 heteroatoms. The summed E-state index contributed by atoms with van der Waals surface area (Å²) in [7, 11) is 0. The molecule has 4 rings (SSSR count). The lowest BCUT2D eigenvalue weighted by Crippen LogP contribution is -1.93. The standard InChI is InChI=1S/C19H16N6/c1-13-20-11-15(12-21-13)10-14-6-8-16(9-7-14)17-4-2-3-5-18(17)19-22-24-25-23-19/h2-9,11-12H,10H2,1H3,(H,22,23,24,25). The van der Waals surface area contributed by atoms with Crippen molar-refractivity contribution < 1.29 is 0 Å². The number of rotatable bonds is 4. The number of nitrogens with one attached hydrogen (secondary N) is 1. The third kappa shape index (κ3) is 3.28. The minimum Gasteiger partial charge on any atom is -0.241 e. The Balaban J connectivity index is 1.62. The lowest BCUT2D eigenvalue weighted by Gasteiger charge is -2.08. The van der Waals surface area contributed by atoms with Gasteiger partial charge in [-0.1, -0.05) is 48.5 Å². The van der Waals surface area contributed by atoms with Gasteiger partial charge in [0, 0.05) is 24.4 Å². The quantitative estimate of drug-likeness (QED) is 0.622. The van der Waals surface area contributed by atoms with Crippen LogP contribution in [0.15, 0.2) is 60.9 Å². The number of H-pyrrole nitrogens is 1. The van der Waals surface area contributed by atoms with Crippen LogP contribution in [-0.2, 0) is 6.42 Å². The number of tetrazole rings is 1. The van der Waals surface area contributed by atoms with Gasteiger partial charge in [-0.05, 0) is 34.4 Å². The van der Waals surface area contributed by atoms with Crippen LogP contribution in [0.5, 0.6) is 0 Å². The summed E-state index contributed by atoms with van der Waals surface area (Å²) in [6.45, 7) is 1.89. The van der Waals surface area contributed by atoms with Crippen molar-refractivity contribution in [1.29, 1.82) is 0 Å². The summed E-state index contributed by atoms with van der Waals surface area (Å²) in [5, 5.41) is 14.3. The Bertz CT molecular complexity index is 960. The van der Waals surface area contributed by atoms with Crippen molar-refractivity contribution in [3.8, 4) is 22.5 Å². The van der Waals surface area contributed by atoms with Crippen molar-refractivity contribution in [1.82, 2.24) is 30.6 Å². The largest absolute Gasteiger partial charge is 0.241 e. The SMILES string of the molecule is Cc1ncc(Cc2ccc(-c3ccccc3-c3nn[nH]n3)cc2)cn1. The van der Waals surface area contributed by atoms with Crippen LogP contribution >= 0.6 is 0 Å². The maximum Gasteiger partial charge on any atom is 0.205 e. The zero-order chi connectivity index (χ0) is 17.1. The predicted octanol–water partition coefficient (Wildman–Crippen LogP) is 3.22. The summed E-state index contributed by atoms with van der Waals surface area (Å²) in [5.41, 5.74) is 5.47. The zero-order valence-corrected chi connectivity index (χ0v) is 13.7. The fourth-order valence-corrected chi connectivity index (χ4v) is 2.75. The first kappa shape index (κ1) is 15.1. The first-order valence-corrected chi connectivity index (χ1v) is 7.99. The zero-order valence-electron chi connectivity index (χ0n) is 13.7.